The molecule has 0 radical (unpaired) electrons. The van der Waals surface area contributed by atoms with Gasteiger partial charge in [0.05, 0.1) is 7.11 Å². The molecule has 0 aliphatic heterocycles. The van der Waals surface area contributed by atoms with Gasteiger partial charge in [-0.15, -0.1) is 0 Å². The van der Waals surface area contributed by atoms with Crippen molar-refractivity contribution in [2.24, 2.45) is 0 Å². The zero-order valence-corrected chi connectivity index (χ0v) is 16.8. The maximum absolute atomic E-state index is 6.13. The van der Waals surface area contributed by atoms with Gasteiger partial charge in [0.25, 0.3) is 5.17 Å². The Labute approximate surface area is 157 Å². The summed E-state index contributed by atoms with van der Waals surface area (Å²) in [6.45, 7) is 6.80. The summed E-state index contributed by atoms with van der Waals surface area (Å²) in [5.41, 5.74) is 5.60. The molecule has 128 valence electrons. The lowest BCUT2D eigenvalue weighted by molar-refractivity contribution is 0.302. The predicted octanol–water partition coefficient (Wildman–Crippen LogP) is 5.55. The van der Waals surface area contributed by atoms with Gasteiger partial charge in [0.2, 0.25) is 0 Å². The molecule has 1 N–H and O–H groups in total. The fraction of sp³-hybridized carbons (Fsp3) is 0.316. The van der Waals surface area contributed by atoms with Crippen LogP contribution in [-0.4, -0.2) is 12.3 Å². The van der Waals surface area contributed by atoms with E-state index in [9.17, 15) is 0 Å². The van der Waals surface area contributed by atoms with Gasteiger partial charge in [-0.1, -0.05) is 35.0 Å². The fourth-order valence-corrected chi connectivity index (χ4v) is 2.98. The van der Waals surface area contributed by atoms with Gasteiger partial charge in [0.1, 0.15) is 12.4 Å². The summed E-state index contributed by atoms with van der Waals surface area (Å²) in [5, 5.41) is 3.41. The molecule has 5 heteroatoms. The molecule has 0 fully saturated rings. The maximum atomic E-state index is 6.13. The Kier molecular flexibility index (Phi) is 6.63. The Morgan fingerprint density at radius 3 is 2.58 bits per heavy atom. The molecule has 0 atom stereocenters. The summed E-state index contributed by atoms with van der Waals surface area (Å²) in [5.74, 6) is 0.927. The summed E-state index contributed by atoms with van der Waals surface area (Å²) in [6, 6.07) is 10.2. The highest BCUT2D eigenvalue weighted by atomic mass is 79.9. The highest BCUT2D eigenvalue weighted by Crippen LogP contribution is 2.29. The molecule has 24 heavy (non-hydrogen) atoms. The molecule has 3 nitrogen and oxygen atoms in total. The lowest BCUT2D eigenvalue weighted by Crippen LogP contribution is -2.13. The quantitative estimate of drug-likeness (QED) is 0.657. The molecule has 2 aromatic carbocycles. The number of thiocarbonyl (C=S) groups is 1. The van der Waals surface area contributed by atoms with Crippen molar-refractivity contribution in [3.05, 3.63) is 57.1 Å². The lowest BCUT2D eigenvalue weighted by atomic mass is 10.0. The van der Waals surface area contributed by atoms with Crippen molar-refractivity contribution < 1.29 is 9.47 Å². The topological polar surface area (TPSA) is 30.5 Å². The smallest absolute Gasteiger partial charge is 0.260 e. The van der Waals surface area contributed by atoms with E-state index in [1.165, 1.54) is 16.7 Å². The van der Waals surface area contributed by atoms with E-state index < -0.39 is 0 Å². The van der Waals surface area contributed by atoms with E-state index in [-0.39, 0.29) is 0 Å². The van der Waals surface area contributed by atoms with Crippen molar-refractivity contribution in [2.45, 2.75) is 33.8 Å². The molecule has 0 spiro atoms. The minimum atomic E-state index is 0.328. The van der Waals surface area contributed by atoms with Gasteiger partial charge in [-0.2, -0.15) is 0 Å². The molecule has 0 aliphatic carbocycles. The van der Waals surface area contributed by atoms with Crippen molar-refractivity contribution in [3.8, 4) is 5.75 Å². The van der Waals surface area contributed by atoms with Crippen LogP contribution in [0.1, 0.15) is 29.2 Å². The minimum absolute atomic E-state index is 0.328. The molecular weight excluding hydrogens is 386 g/mol. The van der Waals surface area contributed by atoms with Crippen molar-refractivity contribution in [1.29, 1.82) is 0 Å². The van der Waals surface area contributed by atoms with E-state index in [1.807, 2.05) is 18.2 Å². The van der Waals surface area contributed by atoms with Crippen LogP contribution in [0.3, 0.4) is 0 Å². The van der Waals surface area contributed by atoms with Gasteiger partial charge in [-0.05, 0) is 67.4 Å². The fourth-order valence-electron chi connectivity index (χ4n) is 2.39. The van der Waals surface area contributed by atoms with E-state index in [2.05, 4.69) is 54.2 Å². The molecule has 0 saturated heterocycles. The second-order valence-electron chi connectivity index (χ2n) is 5.57. The highest BCUT2D eigenvalue weighted by molar-refractivity contribution is 9.10. The molecule has 2 rings (SSSR count). The predicted molar refractivity (Wildman–Crippen MR) is 107 cm³/mol. The average molecular weight is 408 g/mol. The molecule has 0 heterocycles. The number of anilines is 1. The molecule has 0 amide bonds. The minimum Gasteiger partial charge on any atom is -0.488 e. The molecular formula is C19H22BrNO2S. The zero-order chi connectivity index (χ0) is 17.7. The number of nitrogens with one attached hydrogen (secondary N) is 1. The van der Waals surface area contributed by atoms with Crippen LogP contribution < -0.4 is 10.1 Å². The maximum Gasteiger partial charge on any atom is 0.260 e. The van der Waals surface area contributed by atoms with Crippen LogP contribution >= 0.6 is 28.1 Å². The molecule has 2 aromatic rings. The number of benzene rings is 2. The van der Waals surface area contributed by atoms with Crippen LogP contribution in [0, 0.1) is 13.8 Å². The van der Waals surface area contributed by atoms with E-state index in [0.29, 0.717) is 11.8 Å². The third kappa shape index (κ3) is 4.48. The molecule has 0 unspecified atom stereocenters. The highest BCUT2D eigenvalue weighted by Gasteiger charge is 2.11. The first-order valence-electron chi connectivity index (χ1n) is 7.81. The molecule has 0 saturated carbocycles. The van der Waals surface area contributed by atoms with E-state index >= 15 is 0 Å². The van der Waals surface area contributed by atoms with E-state index in [4.69, 9.17) is 21.7 Å². The number of halogens is 1. The molecule has 0 aliphatic rings. The van der Waals surface area contributed by atoms with Gasteiger partial charge in [0, 0.05) is 15.7 Å². The Morgan fingerprint density at radius 2 is 1.92 bits per heavy atom. The largest absolute Gasteiger partial charge is 0.488 e. The number of hydrogen-bond donors (Lipinski definition) is 1. The number of methoxy groups -OCH3 is 1. The van der Waals surface area contributed by atoms with E-state index in [1.54, 1.807) is 7.11 Å². The van der Waals surface area contributed by atoms with Crippen LogP contribution in [0.5, 0.6) is 5.75 Å². The van der Waals surface area contributed by atoms with Crippen LogP contribution in [-0.2, 0) is 17.8 Å². The number of aryl methyl sites for hydroxylation is 3. The van der Waals surface area contributed by atoms with Gasteiger partial charge in [-0.3, -0.25) is 0 Å². The standard InChI is InChI=1S/C19H22BrNO2S/c1-5-14-9-12(2)13(3)10-18(14)23-11-15-16(20)7-6-8-17(15)21-19(24)22-4/h6-10H,5,11H2,1-4H3,(H,21,24). The first kappa shape index (κ1) is 18.7. The number of ether oxygens (including phenoxy) is 2. The number of hydrogen-bond acceptors (Lipinski definition) is 3. The van der Waals surface area contributed by atoms with Crippen LogP contribution in [0.2, 0.25) is 0 Å². The second kappa shape index (κ2) is 8.49. The van der Waals surface area contributed by atoms with Gasteiger partial charge in [0.15, 0.2) is 0 Å². The van der Waals surface area contributed by atoms with E-state index in [0.717, 1.165) is 27.9 Å². The summed E-state index contributed by atoms with van der Waals surface area (Å²) < 4.78 is 12.1. The van der Waals surface area contributed by atoms with Crippen molar-refractivity contribution >= 4 is 39.0 Å². The summed E-state index contributed by atoms with van der Waals surface area (Å²) in [4.78, 5) is 0. The number of rotatable bonds is 5. The SMILES string of the molecule is CCc1cc(C)c(C)cc1OCc1c(Br)cccc1NC(=S)OC. The first-order valence-corrected chi connectivity index (χ1v) is 9.01. The monoisotopic (exact) mass is 407 g/mol. The van der Waals surface area contributed by atoms with Crippen LogP contribution in [0.15, 0.2) is 34.8 Å². The van der Waals surface area contributed by atoms with Gasteiger partial charge < -0.3 is 14.8 Å². The summed E-state index contributed by atoms with van der Waals surface area (Å²) >= 11 is 8.69. The summed E-state index contributed by atoms with van der Waals surface area (Å²) in [7, 11) is 1.55. The van der Waals surface area contributed by atoms with Crippen molar-refractivity contribution in [3.63, 3.8) is 0 Å². The normalized spacial score (nSPS) is 10.4. The molecule has 0 aromatic heterocycles. The first-order chi connectivity index (χ1) is 11.5. The second-order valence-corrected chi connectivity index (χ2v) is 6.79. The third-order valence-electron chi connectivity index (χ3n) is 3.97. The average Bonchev–Trinajstić information content (AvgIpc) is 2.56. The Bertz CT molecular complexity index is 746. The third-order valence-corrected chi connectivity index (χ3v) is 4.98. The van der Waals surface area contributed by atoms with Crippen LogP contribution in [0.25, 0.3) is 0 Å². The molecule has 0 bridgehead atoms. The zero-order valence-electron chi connectivity index (χ0n) is 14.4. The Morgan fingerprint density at radius 1 is 1.21 bits per heavy atom. The van der Waals surface area contributed by atoms with Crippen molar-refractivity contribution in [1.82, 2.24) is 0 Å². The Balaban J connectivity index is 2.26. The van der Waals surface area contributed by atoms with Gasteiger partial charge in [-0.25, -0.2) is 0 Å². The Hall–Kier alpha value is -1.59. The van der Waals surface area contributed by atoms with Crippen LogP contribution in [0.4, 0.5) is 5.69 Å². The van der Waals surface area contributed by atoms with Crippen molar-refractivity contribution in [2.75, 3.05) is 12.4 Å². The summed E-state index contributed by atoms with van der Waals surface area (Å²) in [6.07, 6.45) is 0.936. The van der Waals surface area contributed by atoms with Gasteiger partial charge >= 0.3 is 0 Å². The lowest BCUT2D eigenvalue weighted by Gasteiger charge is -2.17.